The van der Waals surface area contributed by atoms with Crippen molar-refractivity contribution in [3.63, 3.8) is 0 Å². The van der Waals surface area contributed by atoms with E-state index in [2.05, 4.69) is 32.7 Å². The number of hydrogen-bond acceptors (Lipinski definition) is 4. The lowest BCUT2D eigenvalue weighted by molar-refractivity contribution is 0.0389. The van der Waals surface area contributed by atoms with Gasteiger partial charge in [0.05, 0.1) is 19.3 Å². The summed E-state index contributed by atoms with van der Waals surface area (Å²) in [5.74, 6) is 1.05. The van der Waals surface area contributed by atoms with Crippen molar-refractivity contribution in [1.82, 2.24) is 15.5 Å². The van der Waals surface area contributed by atoms with Crippen molar-refractivity contribution in [2.24, 2.45) is 4.99 Å². The smallest absolute Gasteiger partial charge is 0.191 e. The van der Waals surface area contributed by atoms with Gasteiger partial charge in [-0.1, -0.05) is 30.3 Å². The molecule has 1 aliphatic rings. The Labute approximate surface area is 174 Å². The molecule has 2 unspecified atom stereocenters. The van der Waals surface area contributed by atoms with E-state index in [1.54, 1.807) is 7.05 Å². The van der Waals surface area contributed by atoms with Gasteiger partial charge in [-0.2, -0.15) is 0 Å². The van der Waals surface area contributed by atoms with Crippen LogP contribution in [0.15, 0.2) is 35.3 Å². The molecule has 2 atom stereocenters. The fourth-order valence-electron chi connectivity index (χ4n) is 3.07. The van der Waals surface area contributed by atoms with Gasteiger partial charge < -0.3 is 20.5 Å². The first-order valence-corrected chi connectivity index (χ1v) is 9.16. The quantitative estimate of drug-likeness (QED) is 0.303. The highest BCUT2D eigenvalue weighted by atomic mass is 127. The van der Waals surface area contributed by atoms with Crippen LogP contribution < -0.4 is 10.6 Å². The van der Waals surface area contributed by atoms with E-state index < -0.39 is 0 Å². The normalized spacial score (nSPS) is 17.9. The first-order valence-electron chi connectivity index (χ1n) is 9.16. The van der Waals surface area contributed by atoms with Crippen LogP contribution in [-0.4, -0.2) is 75.1 Å². The lowest BCUT2D eigenvalue weighted by Gasteiger charge is -2.27. The Morgan fingerprint density at radius 3 is 2.54 bits per heavy atom. The monoisotopic (exact) mass is 476 g/mol. The van der Waals surface area contributed by atoms with Crippen LogP contribution in [0.4, 0.5) is 0 Å². The number of benzene rings is 1. The lowest BCUT2D eigenvalue weighted by atomic mass is 9.93. The van der Waals surface area contributed by atoms with E-state index in [-0.39, 0.29) is 36.0 Å². The fraction of sp³-hybridized carbons (Fsp3) is 0.632. The molecular formula is C19H33IN4O2. The maximum Gasteiger partial charge on any atom is 0.191 e. The summed E-state index contributed by atoms with van der Waals surface area (Å²) in [6.45, 7) is 8.07. The summed E-state index contributed by atoms with van der Waals surface area (Å²) in [6.07, 6.45) is 0.394. The van der Waals surface area contributed by atoms with Gasteiger partial charge >= 0.3 is 0 Å². The minimum absolute atomic E-state index is 0. The van der Waals surface area contributed by atoms with E-state index in [4.69, 9.17) is 4.74 Å². The van der Waals surface area contributed by atoms with Gasteiger partial charge in [0.2, 0.25) is 0 Å². The second kappa shape index (κ2) is 13.3. The predicted octanol–water partition coefficient (Wildman–Crippen LogP) is 1.66. The summed E-state index contributed by atoms with van der Waals surface area (Å²) in [4.78, 5) is 6.70. The van der Waals surface area contributed by atoms with Gasteiger partial charge in [-0.3, -0.25) is 9.89 Å². The Balaban J connectivity index is 0.00000338. The largest absolute Gasteiger partial charge is 0.393 e. The van der Waals surface area contributed by atoms with Gasteiger partial charge in [0.15, 0.2) is 5.96 Å². The van der Waals surface area contributed by atoms with Crippen molar-refractivity contribution in [2.75, 3.05) is 53.0 Å². The molecule has 3 N–H and O–H groups in total. The number of aliphatic hydroxyl groups is 1. The summed E-state index contributed by atoms with van der Waals surface area (Å²) in [5.41, 5.74) is 1.24. The SMILES string of the molecule is CN=C(NCCN1CCOCC1)NCC(CC(C)O)c1ccccc1.I. The average molecular weight is 476 g/mol. The topological polar surface area (TPSA) is 69.1 Å². The Morgan fingerprint density at radius 1 is 1.23 bits per heavy atom. The molecule has 1 heterocycles. The van der Waals surface area contributed by atoms with Gasteiger partial charge in [-0.05, 0) is 18.9 Å². The minimum Gasteiger partial charge on any atom is -0.393 e. The average Bonchev–Trinajstić information content (AvgIpc) is 2.64. The standard InChI is InChI=1S/C19H32N4O2.HI/c1-16(24)14-18(17-6-4-3-5-7-17)15-22-19(20-2)21-8-9-23-10-12-25-13-11-23;/h3-7,16,18,24H,8-15H2,1-2H3,(H2,20,21,22);1H. The van der Waals surface area contributed by atoms with Crippen LogP contribution in [0.3, 0.4) is 0 Å². The number of rotatable bonds is 8. The Kier molecular flexibility index (Phi) is 11.8. The highest BCUT2D eigenvalue weighted by molar-refractivity contribution is 14.0. The number of aliphatic hydroxyl groups excluding tert-OH is 1. The maximum absolute atomic E-state index is 9.80. The van der Waals surface area contributed by atoms with Crippen LogP contribution in [-0.2, 0) is 4.74 Å². The van der Waals surface area contributed by atoms with Crippen LogP contribution in [0.1, 0.15) is 24.8 Å². The molecule has 0 spiro atoms. The lowest BCUT2D eigenvalue weighted by Crippen LogP contribution is -2.45. The van der Waals surface area contributed by atoms with E-state index >= 15 is 0 Å². The van der Waals surface area contributed by atoms with Crippen molar-refractivity contribution in [3.8, 4) is 0 Å². The number of aliphatic imine (C=N–C) groups is 1. The number of morpholine rings is 1. The van der Waals surface area contributed by atoms with E-state index in [1.807, 2.05) is 25.1 Å². The molecule has 1 fully saturated rings. The molecule has 0 aliphatic carbocycles. The van der Waals surface area contributed by atoms with Crippen LogP contribution in [0.5, 0.6) is 0 Å². The molecule has 0 aromatic heterocycles. The van der Waals surface area contributed by atoms with Crippen molar-refractivity contribution in [1.29, 1.82) is 0 Å². The number of nitrogens with one attached hydrogen (secondary N) is 2. The molecule has 0 radical (unpaired) electrons. The Hall–Kier alpha value is -0.900. The zero-order chi connectivity index (χ0) is 17.9. The number of hydrogen-bond donors (Lipinski definition) is 3. The number of halogens is 1. The summed E-state index contributed by atoms with van der Waals surface area (Å²) in [5, 5.41) is 16.6. The highest BCUT2D eigenvalue weighted by Gasteiger charge is 2.15. The molecule has 1 aromatic rings. The first-order chi connectivity index (χ1) is 12.2. The van der Waals surface area contributed by atoms with Gasteiger partial charge in [0.25, 0.3) is 0 Å². The van der Waals surface area contributed by atoms with Crippen molar-refractivity contribution in [2.45, 2.75) is 25.4 Å². The third kappa shape index (κ3) is 8.66. The number of guanidine groups is 1. The molecule has 1 aromatic carbocycles. The Bertz CT molecular complexity index is 508. The summed E-state index contributed by atoms with van der Waals surface area (Å²) < 4.78 is 5.37. The zero-order valence-electron chi connectivity index (χ0n) is 15.9. The summed E-state index contributed by atoms with van der Waals surface area (Å²) in [6, 6.07) is 10.3. The first kappa shape index (κ1) is 23.1. The van der Waals surface area contributed by atoms with Gasteiger partial charge in [-0.25, -0.2) is 0 Å². The second-order valence-corrected chi connectivity index (χ2v) is 6.53. The van der Waals surface area contributed by atoms with Gasteiger partial charge in [0, 0.05) is 45.7 Å². The molecule has 7 heteroatoms. The van der Waals surface area contributed by atoms with Crippen LogP contribution >= 0.6 is 24.0 Å². The third-order valence-corrected chi connectivity index (χ3v) is 4.46. The molecule has 148 valence electrons. The predicted molar refractivity (Wildman–Crippen MR) is 118 cm³/mol. The number of ether oxygens (including phenoxy) is 1. The van der Waals surface area contributed by atoms with Crippen LogP contribution in [0.25, 0.3) is 0 Å². The van der Waals surface area contributed by atoms with Crippen molar-refractivity contribution in [3.05, 3.63) is 35.9 Å². The molecular weight excluding hydrogens is 443 g/mol. The van der Waals surface area contributed by atoms with E-state index in [9.17, 15) is 5.11 Å². The molecule has 0 saturated carbocycles. The van der Waals surface area contributed by atoms with Crippen LogP contribution in [0.2, 0.25) is 0 Å². The molecule has 0 amide bonds. The van der Waals surface area contributed by atoms with Gasteiger partial charge in [-0.15, -0.1) is 24.0 Å². The molecule has 1 saturated heterocycles. The number of nitrogens with zero attached hydrogens (tertiary/aromatic N) is 2. The van der Waals surface area contributed by atoms with E-state index in [0.717, 1.165) is 58.3 Å². The second-order valence-electron chi connectivity index (χ2n) is 6.53. The summed E-state index contributed by atoms with van der Waals surface area (Å²) >= 11 is 0. The minimum atomic E-state index is -0.330. The molecule has 0 bridgehead atoms. The third-order valence-electron chi connectivity index (χ3n) is 4.46. The van der Waals surface area contributed by atoms with Crippen molar-refractivity contribution >= 4 is 29.9 Å². The van der Waals surface area contributed by atoms with E-state index in [1.165, 1.54) is 5.56 Å². The molecule has 2 rings (SSSR count). The van der Waals surface area contributed by atoms with E-state index in [0.29, 0.717) is 0 Å². The molecule has 26 heavy (non-hydrogen) atoms. The van der Waals surface area contributed by atoms with Gasteiger partial charge in [0.1, 0.15) is 0 Å². The highest BCUT2D eigenvalue weighted by Crippen LogP contribution is 2.20. The Morgan fingerprint density at radius 2 is 1.92 bits per heavy atom. The molecule has 6 nitrogen and oxygen atoms in total. The zero-order valence-corrected chi connectivity index (χ0v) is 18.2. The van der Waals surface area contributed by atoms with Crippen molar-refractivity contribution < 1.29 is 9.84 Å². The maximum atomic E-state index is 9.80. The fourth-order valence-corrected chi connectivity index (χ4v) is 3.07. The summed E-state index contributed by atoms with van der Waals surface area (Å²) in [7, 11) is 1.79. The molecule has 1 aliphatic heterocycles. The van der Waals surface area contributed by atoms with Crippen LogP contribution in [0, 0.1) is 0 Å².